The van der Waals surface area contributed by atoms with E-state index in [1.165, 1.54) is 12.8 Å². The van der Waals surface area contributed by atoms with Crippen LogP contribution in [-0.4, -0.2) is 46.7 Å². The molecule has 120 valence electrons. The van der Waals surface area contributed by atoms with Crippen molar-refractivity contribution in [3.8, 4) is 0 Å². The maximum atomic E-state index is 12.6. The first-order valence-corrected chi connectivity index (χ1v) is 8.30. The monoisotopic (exact) mass is 311 g/mol. The molecule has 1 aliphatic carbocycles. The summed E-state index contributed by atoms with van der Waals surface area (Å²) in [5.74, 6) is -0.926. The fourth-order valence-corrected chi connectivity index (χ4v) is 3.61. The van der Waals surface area contributed by atoms with Crippen molar-refractivity contribution in [2.75, 3.05) is 13.1 Å². The summed E-state index contributed by atoms with van der Waals surface area (Å²) in [5.41, 5.74) is 2.13. The number of likely N-dealkylation sites (tertiary alicyclic amines) is 1. The molecule has 1 amide bonds. The summed E-state index contributed by atoms with van der Waals surface area (Å²) < 4.78 is 0. The number of amides is 1. The molecule has 5 nitrogen and oxygen atoms in total. The minimum Gasteiger partial charge on any atom is -0.358 e. The summed E-state index contributed by atoms with van der Waals surface area (Å²) in [4.78, 5) is 30.6. The van der Waals surface area contributed by atoms with Gasteiger partial charge in [0.25, 0.3) is 11.7 Å². The largest absolute Gasteiger partial charge is 0.358 e. The Balaban J connectivity index is 1.49. The summed E-state index contributed by atoms with van der Waals surface area (Å²) in [5, 5.41) is 3.74. The van der Waals surface area contributed by atoms with Crippen LogP contribution in [0.2, 0.25) is 0 Å². The molecule has 2 fully saturated rings. The lowest BCUT2D eigenvalue weighted by Gasteiger charge is -2.15. The van der Waals surface area contributed by atoms with Crippen molar-refractivity contribution in [1.82, 2.24) is 15.2 Å². The van der Waals surface area contributed by atoms with Crippen LogP contribution in [0.5, 0.6) is 0 Å². The first-order valence-electron chi connectivity index (χ1n) is 8.30. The number of para-hydroxylation sites is 1. The third-order valence-corrected chi connectivity index (χ3v) is 4.95. The van der Waals surface area contributed by atoms with Gasteiger partial charge in [0.15, 0.2) is 0 Å². The molecule has 1 aliphatic heterocycles. The van der Waals surface area contributed by atoms with Crippen LogP contribution in [0.4, 0.5) is 0 Å². The van der Waals surface area contributed by atoms with Crippen molar-refractivity contribution in [2.45, 2.75) is 38.3 Å². The maximum Gasteiger partial charge on any atom is 0.292 e. The van der Waals surface area contributed by atoms with E-state index in [2.05, 4.69) is 15.2 Å². The maximum absolute atomic E-state index is 12.6. The van der Waals surface area contributed by atoms with E-state index >= 15 is 0 Å². The second-order valence-corrected chi connectivity index (χ2v) is 6.68. The molecule has 0 radical (unpaired) electrons. The highest BCUT2D eigenvalue weighted by molar-refractivity contribution is 6.45. The Morgan fingerprint density at radius 3 is 2.78 bits per heavy atom. The molecule has 1 atom stereocenters. The van der Waals surface area contributed by atoms with Gasteiger partial charge in [-0.1, -0.05) is 18.2 Å². The lowest BCUT2D eigenvalue weighted by Crippen LogP contribution is -2.41. The summed E-state index contributed by atoms with van der Waals surface area (Å²) in [6.07, 6.45) is 3.48. The molecule has 0 unspecified atom stereocenters. The number of ketones is 1. The Morgan fingerprint density at radius 2 is 2.00 bits per heavy atom. The van der Waals surface area contributed by atoms with E-state index in [1.54, 1.807) is 0 Å². The molecule has 1 aromatic heterocycles. The van der Waals surface area contributed by atoms with Crippen LogP contribution in [0.15, 0.2) is 24.3 Å². The summed E-state index contributed by atoms with van der Waals surface area (Å²) in [6, 6.07) is 8.40. The van der Waals surface area contributed by atoms with Gasteiger partial charge in [-0.05, 0) is 32.3 Å². The van der Waals surface area contributed by atoms with Crippen molar-refractivity contribution in [3.63, 3.8) is 0 Å². The number of carbonyl (C=O) groups excluding carboxylic acids is 2. The van der Waals surface area contributed by atoms with E-state index in [1.807, 2.05) is 31.2 Å². The van der Waals surface area contributed by atoms with Gasteiger partial charge in [0, 0.05) is 41.8 Å². The number of hydrogen-bond acceptors (Lipinski definition) is 3. The van der Waals surface area contributed by atoms with Gasteiger partial charge in [0.05, 0.1) is 5.56 Å². The van der Waals surface area contributed by atoms with Crippen molar-refractivity contribution in [3.05, 3.63) is 35.5 Å². The van der Waals surface area contributed by atoms with E-state index in [-0.39, 0.29) is 6.04 Å². The van der Waals surface area contributed by atoms with Gasteiger partial charge in [0.1, 0.15) is 0 Å². The Kier molecular flexibility index (Phi) is 3.45. The lowest BCUT2D eigenvalue weighted by molar-refractivity contribution is -0.117. The number of aryl methyl sites for hydroxylation is 1. The molecular formula is C18H21N3O2. The molecule has 5 heteroatoms. The van der Waals surface area contributed by atoms with Gasteiger partial charge in [-0.3, -0.25) is 14.5 Å². The van der Waals surface area contributed by atoms with Gasteiger partial charge in [-0.25, -0.2) is 0 Å². The number of aromatic nitrogens is 1. The van der Waals surface area contributed by atoms with E-state index in [0.29, 0.717) is 11.6 Å². The van der Waals surface area contributed by atoms with Crippen LogP contribution >= 0.6 is 0 Å². The van der Waals surface area contributed by atoms with Gasteiger partial charge in [-0.2, -0.15) is 0 Å². The molecule has 0 spiro atoms. The smallest absolute Gasteiger partial charge is 0.292 e. The predicted octanol–water partition coefficient (Wildman–Crippen LogP) is 2.01. The quantitative estimate of drug-likeness (QED) is 0.670. The minimum atomic E-state index is -0.486. The molecular weight excluding hydrogens is 290 g/mol. The lowest BCUT2D eigenvalue weighted by atomic mass is 10.1. The molecule has 2 aliphatic rings. The van der Waals surface area contributed by atoms with E-state index in [9.17, 15) is 9.59 Å². The SMILES string of the molecule is Cc1[nH]c2ccccc2c1C(=O)C(=O)N[C@H]1CCN(C2CC2)C1. The van der Waals surface area contributed by atoms with Crippen LogP contribution in [-0.2, 0) is 4.79 Å². The first kappa shape index (κ1) is 14.5. The van der Waals surface area contributed by atoms with Crippen LogP contribution in [0, 0.1) is 6.92 Å². The fourth-order valence-electron chi connectivity index (χ4n) is 3.61. The highest BCUT2D eigenvalue weighted by Crippen LogP contribution is 2.30. The summed E-state index contributed by atoms with van der Waals surface area (Å²) in [7, 11) is 0. The number of rotatable bonds is 4. The second kappa shape index (κ2) is 5.49. The zero-order valence-electron chi connectivity index (χ0n) is 13.3. The third-order valence-electron chi connectivity index (χ3n) is 4.95. The number of H-pyrrole nitrogens is 1. The summed E-state index contributed by atoms with van der Waals surface area (Å²) >= 11 is 0. The van der Waals surface area contributed by atoms with Crippen molar-refractivity contribution >= 4 is 22.6 Å². The number of benzene rings is 1. The van der Waals surface area contributed by atoms with Crippen molar-refractivity contribution < 1.29 is 9.59 Å². The normalized spacial score (nSPS) is 21.7. The summed E-state index contributed by atoms with van der Waals surface area (Å²) in [6.45, 7) is 3.73. The zero-order valence-corrected chi connectivity index (χ0v) is 13.3. The molecule has 4 rings (SSSR count). The van der Waals surface area contributed by atoms with Gasteiger partial charge >= 0.3 is 0 Å². The van der Waals surface area contributed by atoms with Gasteiger partial charge in [-0.15, -0.1) is 0 Å². The number of aromatic amines is 1. The number of nitrogens with zero attached hydrogens (tertiary/aromatic N) is 1. The van der Waals surface area contributed by atoms with E-state index in [4.69, 9.17) is 0 Å². The average molecular weight is 311 g/mol. The number of carbonyl (C=O) groups is 2. The van der Waals surface area contributed by atoms with Gasteiger partial charge < -0.3 is 10.3 Å². The number of fused-ring (bicyclic) bond motifs is 1. The molecule has 0 bridgehead atoms. The zero-order chi connectivity index (χ0) is 16.0. The molecule has 2 heterocycles. The molecule has 1 saturated heterocycles. The number of Topliss-reactive ketones (excluding diaryl/α,β-unsaturated/α-hetero) is 1. The van der Waals surface area contributed by atoms with E-state index < -0.39 is 11.7 Å². The molecule has 1 aromatic carbocycles. The Hall–Kier alpha value is -2.14. The van der Waals surface area contributed by atoms with Crippen molar-refractivity contribution in [1.29, 1.82) is 0 Å². The van der Waals surface area contributed by atoms with Crippen molar-refractivity contribution in [2.24, 2.45) is 0 Å². The van der Waals surface area contributed by atoms with Crippen LogP contribution < -0.4 is 5.32 Å². The number of nitrogens with one attached hydrogen (secondary N) is 2. The van der Waals surface area contributed by atoms with E-state index in [0.717, 1.165) is 36.1 Å². The molecule has 1 saturated carbocycles. The highest BCUT2D eigenvalue weighted by atomic mass is 16.2. The Morgan fingerprint density at radius 1 is 1.22 bits per heavy atom. The van der Waals surface area contributed by atoms with Gasteiger partial charge in [0.2, 0.25) is 0 Å². The highest BCUT2D eigenvalue weighted by Gasteiger charge is 2.35. The molecule has 2 N–H and O–H groups in total. The topological polar surface area (TPSA) is 65.2 Å². The number of hydrogen-bond donors (Lipinski definition) is 2. The fraction of sp³-hybridized carbons (Fsp3) is 0.444. The molecule has 2 aromatic rings. The Labute approximate surface area is 135 Å². The third kappa shape index (κ3) is 2.65. The Bertz CT molecular complexity index is 776. The van der Waals surface area contributed by atoms with Crippen LogP contribution in [0.25, 0.3) is 10.9 Å². The minimum absolute atomic E-state index is 0.0950. The molecule has 23 heavy (non-hydrogen) atoms. The van der Waals surface area contributed by atoms with Crippen LogP contribution in [0.1, 0.15) is 35.3 Å². The average Bonchev–Trinajstić information content (AvgIpc) is 3.19. The second-order valence-electron chi connectivity index (χ2n) is 6.68. The standard InChI is InChI=1S/C18H21N3O2/c1-11-16(14-4-2-3-5-15(14)19-11)17(22)18(23)20-12-8-9-21(10-12)13-6-7-13/h2-5,12-13,19H,6-10H2,1H3,(H,20,23)/t12-/m0/s1. The predicted molar refractivity (Wildman–Crippen MR) is 88.5 cm³/mol. The first-order chi connectivity index (χ1) is 11.1. The van der Waals surface area contributed by atoms with Crippen LogP contribution in [0.3, 0.4) is 0 Å².